The van der Waals surface area contributed by atoms with Gasteiger partial charge in [0.2, 0.25) is 0 Å². The first kappa shape index (κ1) is 13.1. The van der Waals surface area contributed by atoms with Gasteiger partial charge in [0.05, 0.1) is 0 Å². The number of benzene rings is 1. The highest BCUT2D eigenvalue weighted by molar-refractivity contribution is 7.10. The molecule has 0 amide bonds. The van der Waals surface area contributed by atoms with Gasteiger partial charge in [-0.2, -0.15) is 0 Å². The number of para-hydroxylation sites is 1. The van der Waals surface area contributed by atoms with E-state index in [0.717, 1.165) is 16.5 Å². The Balaban J connectivity index is 1.80. The molecule has 2 aromatic heterocycles. The fourth-order valence-corrected chi connectivity index (χ4v) is 2.98. The number of aromatic nitrogens is 1. The molecule has 3 rings (SSSR count). The first-order valence-electron chi connectivity index (χ1n) is 6.62. The molecule has 0 saturated heterocycles. The van der Waals surface area contributed by atoms with Gasteiger partial charge in [0.15, 0.2) is 0 Å². The van der Waals surface area contributed by atoms with Gasteiger partial charge in [0.25, 0.3) is 5.56 Å². The number of aromatic amines is 1. The van der Waals surface area contributed by atoms with Gasteiger partial charge < -0.3 is 10.3 Å². The zero-order valence-electron chi connectivity index (χ0n) is 11.2. The first-order valence-corrected chi connectivity index (χ1v) is 7.50. The van der Waals surface area contributed by atoms with Crippen molar-refractivity contribution in [3.8, 4) is 0 Å². The summed E-state index contributed by atoms with van der Waals surface area (Å²) in [6, 6.07) is 14.2. The molecule has 0 unspecified atom stereocenters. The Labute approximate surface area is 121 Å². The van der Waals surface area contributed by atoms with E-state index in [4.69, 9.17) is 0 Å². The molecule has 0 radical (unpaired) electrons. The predicted octanol–water partition coefficient (Wildman–Crippen LogP) is 3.44. The van der Waals surface area contributed by atoms with Crippen LogP contribution in [0.4, 0.5) is 0 Å². The minimum absolute atomic E-state index is 0.0189. The third kappa shape index (κ3) is 2.66. The molecule has 4 heteroatoms. The summed E-state index contributed by atoms with van der Waals surface area (Å²) in [5.41, 5.74) is 1.63. The maximum Gasteiger partial charge on any atom is 0.252 e. The number of hydrogen-bond donors (Lipinski definition) is 2. The van der Waals surface area contributed by atoms with Crippen molar-refractivity contribution >= 4 is 22.2 Å². The van der Waals surface area contributed by atoms with Crippen LogP contribution in [-0.2, 0) is 6.54 Å². The molecule has 0 bridgehead atoms. The summed E-state index contributed by atoms with van der Waals surface area (Å²) in [5, 5.41) is 6.53. The Kier molecular flexibility index (Phi) is 3.67. The molecule has 1 atom stereocenters. The second-order valence-electron chi connectivity index (χ2n) is 4.83. The van der Waals surface area contributed by atoms with Gasteiger partial charge in [-0.15, -0.1) is 11.3 Å². The number of pyridine rings is 1. The quantitative estimate of drug-likeness (QED) is 0.771. The number of rotatable bonds is 4. The highest BCUT2D eigenvalue weighted by Crippen LogP contribution is 2.18. The molecule has 0 fully saturated rings. The molecule has 0 aliphatic carbocycles. The predicted molar refractivity (Wildman–Crippen MR) is 84.1 cm³/mol. The van der Waals surface area contributed by atoms with E-state index in [2.05, 4.69) is 28.7 Å². The summed E-state index contributed by atoms with van der Waals surface area (Å²) in [4.78, 5) is 16.2. The largest absolute Gasteiger partial charge is 0.322 e. The van der Waals surface area contributed by atoms with Crippen LogP contribution in [0.25, 0.3) is 10.9 Å². The zero-order chi connectivity index (χ0) is 13.9. The minimum Gasteiger partial charge on any atom is -0.322 e. The second kappa shape index (κ2) is 5.61. The normalized spacial score (nSPS) is 12.7. The Hall–Kier alpha value is -1.91. The molecule has 2 N–H and O–H groups in total. The lowest BCUT2D eigenvalue weighted by Gasteiger charge is -2.12. The van der Waals surface area contributed by atoms with Crippen LogP contribution in [0.1, 0.15) is 23.4 Å². The van der Waals surface area contributed by atoms with Crippen molar-refractivity contribution in [2.75, 3.05) is 0 Å². The molecule has 0 spiro atoms. The van der Waals surface area contributed by atoms with Crippen molar-refractivity contribution in [1.29, 1.82) is 0 Å². The molecule has 102 valence electrons. The Bertz CT molecular complexity index is 761. The van der Waals surface area contributed by atoms with Gasteiger partial charge >= 0.3 is 0 Å². The van der Waals surface area contributed by atoms with Gasteiger partial charge in [-0.05, 0) is 35.9 Å². The van der Waals surface area contributed by atoms with Crippen molar-refractivity contribution < 1.29 is 0 Å². The molecule has 3 aromatic rings. The third-order valence-electron chi connectivity index (χ3n) is 3.40. The van der Waals surface area contributed by atoms with Crippen LogP contribution in [0.2, 0.25) is 0 Å². The molecule has 0 aliphatic heterocycles. The van der Waals surface area contributed by atoms with E-state index >= 15 is 0 Å². The summed E-state index contributed by atoms with van der Waals surface area (Å²) in [6.07, 6.45) is 0. The van der Waals surface area contributed by atoms with Crippen LogP contribution >= 0.6 is 11.3 Å². The fourth-order valence-electron chi connectivity index (χ4n) is 2.23. The van der Waals surface area contributed by atoms with Crippen molar-refractivity contribution in [3.05, 3.63) is 68.6 Å². The van der Waals surface area contributed by atoms with Gasteiger partial charge in [-0.1, -0.05) is 24.3 Å². The lowest BCUT2D eigenvalue weighted by molar-refractivity contribution is 0.580. The molecule has 1 aromatic carbocycles. The molecular weight excluding hydrogens is 268 g/mol. The summed E-state index contributed by atoms with van der Waals surface area (Å²) < 4.78 is 0. The van der Waals surface area contributed by atoms with E-state index in [0.29, 0.717) is 6.54 Å². The Morgan fingerprint density at radius 3 is 2.90 bits per heavy atom. The van der Waals surface area contributed by atoms with E-state index in [1.807, 2.05) is 36.4 Å². The lowest BCUT2D eigenvalue weighted by Crippen LogP contribution is -2.23. The summed E-state index contributed by atoms with van der Waals surface area (Å²) >= 11 is 1.72. The topological polar surface area (TPSA) is 44.9 Å². The highest BCUT2D eigenvalue weighted by atomic mass is 32.1. The van der Waals surface area contributed by atoms with Crippen LogP contribution in [-0.4, -0.2) is 4.98 Å². The van der Waals surface area contributed by atoms with Crippen LogP contribution in [0.15, 0.2) is 52.6 Å². The lowest BCUT2D eigenvalue weighted by atomic mass is 10.1. The van der Waals surface area contributed by atoms with Crippen LogP contribution in [0.5, 0.6) is 0 Å². The van der Waals surface area contributed by atoms with E-state index in [1.165, 1.54) is 4.88 Å². The van der Waals surface area contributed by atoms with Crippen LogP contribution < -0.4 is 10.9 Å². The molecule has 20 heavy (non-hydrogen) atoms. The van der Waals surface area contributed by atoms with E-state index in [-0.39, 0.29) is 11.6 Å². The van der Waals surface area contributed by atoms with Gasteiger partial charge in [0.1, 0.15) is 0 Å². The summed E-state index contributed by atoms with van der Waals surface area (Å²) in [5.74, 6) is 0. The Morgan fingerprint density at radius 1 is 1.25 bits per heavy atom. The maximum absolute atomic E-state index is 12.0. The molecule has 3 nitrogen and oxygen atoms in total. The van der Waals surface area contributed by atoms with E-state index in [9.17, 15) is 4.79 Å². The summed E-state index contributed by atoms with van der Waals surface area (Å²) in [6.45, 7) is 2.68. The minimum atomic E-state index is -0.0189. The molecule has 0 saturated carbocycles. The van der Waals surface area contributed by atoms with Crippen molar-refractivity contribution in [1.82, 2.24) is 10.3 Å². The number of thiophene rings is 1. The number of nitrogens with one attached hydrogen (secondary N) is 2. The van der Waals surface area contributed by atoms with Crippen molar-refractivity contribution in [3.63, 3.8) is 0 Å². The van der Waals surface area contributed by atoms with Gasteiger partial charge in [-0.25, -0.2) is 0 Å². The fraction of sp³-hybridized carbons (Fsp3) is 0.188. The standard InChI is InChI=1S/C16H16N2OS/c1-11(15-7-4-8-20-15)17-10-13-9-12-5-2-3-6-14(12)18-16(13)19/h2-9,11,17H,10H2,1H3,(H,18,19)/t11-/m1/s1. The van der Waals surface area contributed by atoms with Gasteiger partial charge in [0, 0.05) is 28.5 Å². The van der Waals surface area contributed by atoms with Crippen LogP contribution in [0, 0.1) is 0 Å². The molecule has 0 aliphatic rings. The van der Waals surface area contributed by atoms with E-state index < -0.39 is 0 Å². The van der Waals surface area contributed by atoms with E-state index in [1.54, 1.807) is 11.3 Å². The highest BCUT2D eigenvalue weighted by Gasteiger charge is 2.08. The molecular formula is C16H16N2OS. The SMILES string of the molecule is C[C@@H](NCc1cc2ccccc2[nH]c1=O)c1cccs1. The number of hydrogen-bond acceptors (Lipinski definition) is 3. The van der Waals surface area contributed by atoms with Crippen LogP contribution in [0.3, 0.4) is 0 Å². The third-order valence-corrected chi connectivity index (χ3v) is 4.45. The maximum atomic E-state index is 12.0. The van der Waals surface area contributed by atoms with Crippen molar-refractivity contribution in [2.45, 2.75) is 19.5 Å². The monoisotopic (exact) mass is 284 g/mol. The van der Waals surface area contributed by atoms with Gasteiger partial charge in [-0.3, -0.25) is 4.79 Å². The zero-order valence-corrected chi connectivity index (χ0v) is 12.0. The van der Waals surface area contributed by atoms with Crippen molar-refractivity contribution in [2.24, 2.45) is 0 Å². The second-order valence-corrected chi connectivity index (χ2v) is 5.81. The number of H-pyrrole nitrogens is 1. The average molecular weight is 284 g/mol. The first-order chi connectivity index (χ1) is 9.74. The smallest absolute Gasteiger partial charge is 0.252 e. The number of fused-ring (bicyclic) bond motifs is 1. The average Bonchev–Trinajstić information content (AvgIpc) is 2.99. The Morgan fingerprint density at radius 2 is 2.10 bits per heavy atom. The molecule has 2 heterocycles. The summed E-state index contributed by atoms with van der Waals surface area (Å²) in [7, 11) is 0.